The summed E-state index contributed by atoms with van der Waals surface area (Å²) in [6, 6.07) is 3.47. The van der Waals surface area contributed by atoms with Crippen LogP contribution in [0.3, 0.4) is 0 Å². The maximum absolute atomic E-state index is 12.5. The first kappa shape index (κ1) is 16.2. The summed E-state index contributed by atoms with van der Waals surface area (Å²) >= 11 is 1.55. The third kappa shape index (κ3) is 3.55. The largest absolute Gasteiger partial charge is 0.346 e. The molecule has 1 atom stereocenters. The Bertz CT molecular complexity index is 688. The Morgan fingerprint density at radius 1 is 1.38 bits per heavy atom. The Balaban J connectivity index is 2.27. The van der Waals surface area contributed by atoms with Crippen molar-refractivity contribution in [2.75, 3.05) is 0 Å². The van der Waals surface area contributed by atoms with Crippen molar-refractivity contribution in [2.45, 2.75) is 44.3 Å². The van der Waals surface area contributed by atoms with E-state index in [1.807, 2.05) is 42.2 Å². The van der Waals surface area contributed by atoms with Gasteiger partial charge in [0.2, 0.25) is 10.0 Å². The lowest BCUT2D eigenvalue weighted by molar-refractivity contribution is 0.562. The van der Waals surface area contributed by atoms with Gasteiger partial charge in [0.15, 0.2) is 0 Å². The zero-order valence-corrected chi connectivity index (χ0v) is 14.0. The average molecular weight is 327 g/mol. The highest BCUT2D eigenvalue weighted by Gasteiger charge is 2.22. The molecule has 21 heavy (non-hydrogen) atoms. The molecule has 0 saturated heterocycles. The highest BCUT2D eigenvalue weighted by Crippen LogP contribution is 2.22. The van der Waals surface area contributed by atoms with E-state index in [1.165, 1.54) is 0 Å². The van der Waals surface area contributed by atoms with Gasteiger partial charge in [-0.25, -0.2) is 13.1 Å². The van der Waals surface area contributed by atoms with Crippen molar-refractivity contribution in [2.24, 2.45) is 5.73 Å². The van der Waals surface area contributed by atoms with E-state index in [2.05, 4.69) is 4.72 Å². The van der Waals surface area contributed by atoms with Crippen molar-refractivity contribution in [1.29, 1.82) is 0 Å². The summed E-state index contributed by atoms with van der Waals surface area (Å²) in [5, 5.41) is 3.87. The number of thiophene rings is 1. The number of nitrogens with zero attached hydrogens (tertiary/aromatic N) is 1. The molecule has 2 aromatic rings. The van der Waals surface area contributed by atoms with Crippen molar-refractivity contribution >= 4 is 21.4 Å². The van der Waals surface area contributed by atoms with E-state index in [0.717, 1.165) is 11.3 Å². The molecule has 5 nitrogen and oxygen atoms in total. The van der Waals surface area contributed by atoms with Gasteiger partial charge in [0.05, 0.1) is 4.90 Å². The van der Waals surface area contributed by atoms with Crippen LogP contribution in [0, 0.1) is 0 Å². The van der Waals surface area contributed by atoms with Crippen LogP contribution in [0.15, 0.2) is 34.0 Å². The number of nitrogens with one attached hydrogen (secondary N) is 1. The quantitative estimate of drug-likeness (QED) is 0.856. The topological polar surface area (TPSA) is 77.1 Å². The van der Waals surface area contributed by atoms with E-state index in [0.29, 0.717) is 6.54 Å². The van der Waals surface area contributed by atoms with Gasteiger partial charge in [-0.05, 0) is 49.2 Å². The lowest BCUT2D eigenvalue weighted by Crippen LogP contribution is -2.26. The molecule has 2 aromatic heterocycles. The molecule has 2 rings (SSSR count). The predicted molar refractivity (Wildman–Crippen MR) is 85.8 cm³/mol. The molecule has 0 aliphatic heterocycles. The van der Waals surface area contributed by atoms with Gasteiger partial charge in [-0.3, -0.25) is 0 Å². The second-order valence-corrected chi connectivity index (χ2v) is 7.77. The van der Waals surface area contributed by atoms with Crippen LogP contribution in [-0.2, 0) is 16.6 Å². The van der Waals surface area contributed by atoms with Crippen LogP contribution in [-0.4, -0.2) is 13.0 Å². The Hall–Kier alpha value is -1.15. The summed E-state index contributed by atoms with van der Waals surface area (Å²) in [6.45, 7) is 6.14. The van der Waals surface area contributed by atoms with Gasteiger partial charge in [0.25, 0.3) is 0 Å². The third-order valence-corrected chi connectivity index (χ3v) is 5.57. The highest BCUT2D eigenvalue weighted by molar-refractivity contribution is 7.89. The molecule has 0 saturated carbocycles. The summed E-state index contributed by atoms with van der Waals surface area (Å²) in [5.41, 5.74) is 7.47. The van der Waals surface area contributed by atoms with Gasteiger partial charge in [-0.15, -0.1) is 0 Å². The molecule has 3 N–H and O–H groups in total. The molecule has 1 unspecified atom stereocenters. The van der Waals surface area contributed by atoms with Gasteiger partial charge in [-0.2, -0.15) is 11.3 Å². The van der Waals surface area contributed by atoms with Crippen molar-refractivity contribution in [3.8, 4) is 0 Å². The number of rotatable bonds is 6. The molecule has 116 valence electrons. The minimum Gasteiger partial charge on any atom is -0.346 e. The monoisotopic (exact) mass is 327 g/mol. The zero-order chi connectivity index (χ0) is 15.6. The van der Waals surface area contributed by atoms with E-state index >= 15 is 0 Å². The molecular weight excluding hydrogens is 306 g/mol. The number of hydrogen-bond donors (Lipinski definition) is 2. The minimum absolute atomic E-state index is 0.168. The minimum atomic E-state index is -3.55. The third-order valence-electron chi connectivity index (χ3n) is 3.36. The molecular formula is C14H21N3O2S2. The molecule has 0 amide bonds. The standard InChI is InChI=1S/C14H21N3O2S2/c1-10(2)17-8-14(6-13(17)7-15)21(18,19)16-11(3)12-4-5-20-9-12/h4-6,8-11,16H,7,15H2,1-3H3. The van der Waals surface area contributed by atoms with E-state index in [9.17, 15) is 8.42 Å². The van der Waals surface area contributed by atoms with Crippen LogP contribution in [0.4, 0.5) is 0 Å². The van der Waals surface area contributed by atoms with Crippen LogP contribution >= 0.6 is 11.3 Å². The molecule has 7 heteroatoms. The normalized spacial score (nSPS) is 13.8. The van der Waals surface area contributed by atoms with E-state index in [1.54, 1.807) is 23.6 Å². The lowest BCUT2D eigenvalue weighted by Gasteiger charge is -2.12. The maximum atomic E-state index is 12.5. The second kappa shape index (κ2) is 6.31. The Morgan fingerprint density at radius 2 is 2.10 bits per heavy atom. The molecule has 0 spiro atoms. The summed E-state index contributed by atoms with van der Waals surface area (Å²) in [6.07, 6.45) is 1.65. The molecule has 0 radical (unpaired) electrons. The van der Waals surface area contributed by atoms with Gasteiger partial charge in [0.1, 0.15) is 0 Å². The number of aromatic nitrogens is 1. The van der Waals surface area contributed by atoms with Crippen LogP contribution < -0.4 is 10.5 Å². The summed E-state index contributed by atoms with van der Waals surface area (Å²) in [5.74, 6) is 0. The van der Waals surface area contributed by atoms with Gasteiger partial charge < -0.3 is 10.3 Å². The number of hydrogen-bond acceptors (Lipinski definition) is 4. The Labute approximate surface area is 129 Å². The first-order valence-corrected chi connectivity index (χ1v) is 9.23. The number of nitrogens with two attached hydrogens (primary N) is 1. The summed E-state index contributed by atoms with van der Waals surface area (Å²) < 4.78 is 29.6. The molecule has 2 heterocycles. The van der Waals surface area contributed by atoms with Crippen LogP contribution in [0.1, 0.15) is 44.1 Å². The van der Waals surface area contributed by atoms with Gasteiger partial charge >= 0.3 is 0 Å². The smallest absolute Gasteiger partial charge is 0.242 e. The van der Waals surface area contributed by atoms with Crippen LogP contribution in [0.25, 0.3) is 0 Å². The first-order chi connectivity index (χ1) is 9.85. The fourth-order valence-corrected chi connectivity index (χ4v) is 4.21. The molecule has 0 bridgehead atoms. The van der Waals surface area contributed by atoms with Gasteiger partial charge in [-0.1, -0.05) is 0 Å². The van der Waals surface area contributed by atoms with Crippen molar-refractivity contribution < 1.29 is 8.42 Å². The molecule has 0 aliphatic carbocycles. The summed E-state index contributed by atoms with van der Waals surface area (Å²) in [4.78, 5) is 0.263. The first-order valence-electron chi connectivity index (χ1n) is 6.80. The summed E-state index contributed by atoms with van der Waals surface area (Å²) in [7, 11) is -3.55. The maximum Gasteiger partial charge on any atom is 0.242 e. The van der Waals surface area contributed by atoms with Crippen molar-refractivity contribution in [3.63, 3.8) is 0 Å². The lowest BCUT2D eigenvalue weighted by atomic mass is 10.2. The van der Waals surface area contributed by atoms with Crippen molar-refractivity contribution in [1.82, 2.24) is 9.29 Å². The fraction of sp³-hybridized carbons (Fsp3) is 0.429. The number of sulfonamides is 1. The van der Waals surface area contributed by atoms with E-state index in [4.69, 9.17) is 5.73 Å². The van der Waals surface area contributed by atoms with E-state index < -0.39 is 10.0 Å². The molecule has 0 aliphatic rings. The van der Waals surface area contributed by atoms with E-state index in [-0.39, 0.29) is 17.0 Å². The Kier molecular flexibility index (Phi) is 4.88. The second-order valence-electron chi connectivity index (χ2n) is 5.27. The zero-order valence-electron chi connectivity index (χ0n) is 12.4. The molecule has 0 fully saturated rings. The fourth-order valence-electron chi connectivity index (χ4n) is 2.18. The van der Waals surface area contributed by atoms with Crippen LogP contribution in [0.2, 0.25) is 0 Å². The Morgan fingerprint density at radius 3 is 2.57 bits per heavy atom. The SMILES string of the molecule is CC(NS(=O)(=O)c1cc(CN)n(C(C)C)c1)c1ccsc1. The van der Waals surface area contributed by atoms with Crippen molar-refractivity contribution in [3.05, 3.63) is 40.3 Å². The highest BCUT2D eigenvalue weighted by atomic mass is 32.2. The predicted octanol–water partition coefficient (Wildman–Crippen LogP) is 2.63. The molecule has 0 aromatic carbocycles. The van der Waals surface area contributed by atoms with Crippen LogP contribution in [0.5, 0.6) is 0 Å². The van der Waals surface area contributed by atoms with Gasteiger partial charge in [0, 0.05) is 30.5 Å². The average Bonchev–Trinajstić information content (AvgIpc) is 3.07.